The van der Waals surface area contributed by atoms with Crippen molar-refractivity contribution in [1.82, 2.24) is 21.3 Å². The third-order valence-corrected chi connectivity index (χ3v) is 5.07. The lowest BCUT2D eigenvalue weighted by molar-refractivity contribution is -0.485. The molecule has 0 radical (unpaired) electrons. The van der Waals surface area contributed by atoms with E-state index in [1.165, 1.54) is 0 Å². The molecular weight excluding hydrogens is 534 g/mol. The molecule has 0 fully saturated rings. The van der Waals surface area contributed by atoms with Crippen LogP contribution in [0.15, 0.2) is 5.10 Å². The highest BCUT2D eigenvalue weighted by molar-refractivity contribution is 7.85. The first kappa shape index (κ1) is 34.4. The molecule has 0 rings (SSSR count). The molecule has 0 aromatic heterocycles. The summed E-state index contributed by atoms with van der Waals surface area (Å²) < 4.78 is 41.5. The van der Waals surface area contributed by atoms with Crippen molar-refractivity contribution in [1.29, 1.82) is 0 Å². The lowest BCUT2D eigenvalue weighted by atomic mass is 10.1. The Bertz CT molecular complexity index is 980. The fourth-order valence-electron chi connectivity index (χ4n) is 2.80. The second kappa shape index (κ2) is 16.3. The molecule has 0 aliphatic rings. The first-order valence-corrected chi connectivity index (χ1v) is 12.8. The van der Waals surface area contributed by atoms with E-state index in [0.717, 1.165) is 7.11 Å². The molecule has 0 saturated carbocycles. The summed E-state index contributed by atoms with van der Waals surface area (Å²) in [6.45, 7) is 3.94. The first-order chi connectivity index (χ1) is 17.4. The highest BCUT2D eigenvalue weighted by Gasteiger charge is 2.26. The Morgan fingerprint density at radius 1 is 1.13 bits per heavy atom. The lowest BCUT2D eigenvalue weighted by Crippen LogP contribution is -2.50. The van der Waals surface area contributed by atoms with Crippen molar-refractivity contribution in [3.05, 3.63) is 10.1 Å². The smallest absolute Gasteiger partial charge is 0.325 e. The molecule has 0 heterocycles. The molecular formula is C19H35N7O11S. The SMILES string of the molecule is COC(=O)CNC(=O)C(CCCN/C(N)=N\[N+](=O)[O-])NC(=O)CC(CS(=O)(=O)O)NCC(=O)OC(C)(C)C. The van der Waals surface area contributed by atoms with Crippen LogP contribution in [-0.4, -0.2) is 97.9 Å². The summed E-state index contributed by atoms with van der Waals surface area (Å²) in [5.41, 5.74) is 4.49. The Morgan fingerprint density at radius 2 is 1.76 bits per heavy atom. The number of hydrogen-bond donors (Lipinski definition) is 6. The van der Waals surface area contributed by atoms with Gasteiger partial charge in [0.1, 0.15) is 23.3 Å². The Morgan fingerprint density at radius 3 is 2.29 bits per heavy atom. The van der Waals surface area contributed by atoms with Crippen molar-refractivity contribution >= 4 is 39.8 Å². The number of hydrogen-bond acceptors (Lipinski definition) is 11. The third kappa shape index (κ3) is 18.7. The van der Waals surface area contributed by atoms with E-state index >= 15 is 0 Å². The van der Waals surface area contributed by atoms with Gasteiger partial charge in [-0.25, -0.2) is 10.1 Å². The monoisotopic (exact) mass is 569 g/mol. The summed E-state index contributed by atoms with van der Waals surface area (Å²) >= 11 is 0. The highest BCUT2D eigenvalue weighted by Crippen LogP contribution is 2.07. The predicted octanol–water partition coefficient (Wildman–Crippen LogP) is -2.79. The Balaban J connectivity index is 5.30. The van der Waals surface area contributed by atoms with Gasteiger partial charge in [0.25, 0.3) is 16.1 Å². The minimum absolute atomic E-state index is 0.0304. The quantitative estimate of drug-likeness (QED) is 0.0209. The van der Waals surface area contributed by atoms with Crippen LogP contribution in [0, 0.1) is 10.1 Å². The minimum atomic E-state index is -4.56. The standard InChI is InChI=1S/C19H35N7O11S/c1-19(2,3)37-16(29)10-22-12(11-38(33,34)35)8-14(27)24-13(17(30)23-9-15(28)36-4)6-5-7-21-18(20)25-26(31)32/h12-13,22H,5-11H2,1-4H3,(H,23,30)(H,24,27)(H3,20,21,25)(H,33,34,35). The van der Waals surface area contributed by atoms with E-state index in [1.807, 2.05) is 0 Å². The van der Waals surface area contributed by atoms with E-state index in [4.69, 9.17) is 10.5 Å². The van der Waals surface area contributed by atoms with E-state index in [0.29, 0.717) is 0 Å². The van der Waals surface area contributed by atoms with Gasteiger partial charge >= 0.3 is 11.9 Å². The number of ether oxygens (including phenoxy) is 2. The first-order valence-electron chi connectivity index (χ1n) is 11.2. The molecule has 2 unspecified atom stereocenters. The van der Waals surface area contributed by atoms with Gasteiger partial charge in [0.05, 0.1) is 19.4 Å². The number of nitro groups is 1. The maximum absolute atomic E-state index is 12.6. The van der Waals surface area contributed by atoms with Gasteiger partial charge in [-0.3, -0.25) is 23.7 Å². The lowest BCUT2D eigenvalue weighted by Gasteiger charge is -2.23. The van der Waals surface area contributed by atoms with Crippen molar-refractivity contribution in [3.63, 3.8) is 0 Å². The van der Waals surface area contributed by atoms with E-state index in [2.05, 4.69) is 31.1 Å². The predicted molar refractivity (Wildman–Crippen MR) is 131 cm³/mol. The second-order valence-corrected chi connectivity index (χ2v) is 10.3. The molecule has 7 N–H and O–H groups in total. The van der Waals surface area contributed by atoms with Gasteiger partial charge in [-0.05, 0) is 33.6 Å². The molecule has 218 valence electrons. The fourth-order valence-corrected chi connectivity index (χ4v) is 3.54. The summed E-state index contributed by atoms with van der Waals surface area (Å²) in [7, 11) is -3.45. The van der Waals surface area contributed by atoms with Crippen LogP contribution in [0.4, 0.5) is 0 Å². The molecule has 0 aromatic carbocycles. The average molecular weight is 570 g/mol. The molecule has 19 heteroatoms. The second-order valence-electron chi connectivity index (χ2n) is 8.82. The number of amides is 2. The van der Waals surface area contributed by atoms with Crippen LogP contribution in [0.2, 0.25) is 0 Å². The van der Waals surface area contributed by atoms with Crippen LogP contribution in [-0.2, 0) is 38.8 Å². The van der Waals surface area contributed by atoms with E-state index in [9.17, 15) is 42.3 Å². The zero-order valence-electron chi connectivity index (χ0n) is 21.5. The maximum Gasteiger partial charge on any atom is 0.325 e. The summed E-state index contributed by atoms with van der Waals surface area (Å²) in [6, 6.07) is -2.45. The maximum atomic E-state index is 12.6. The molecule has 0 bridgehead atoms. The van der Waals surface area contributed by atoms with Crippen molar-refractivity contribution in [2.45, 2.75) is 57.7 Å². The van der Waals surface area contributed by atoms with Crippen LogP contribution in [0.3, 0.4) is 0 Å². The van der Waals surface area contributed by atoms with E-state index < -0.39 is 87.8 Å². The molecule has 0 spiro atoms. The highest BCUT2D eigenvalue weighted by atomic mass is 32.2. The van der Waals surface area contributed by atoms with Crippen LogP contribution >= 0.6 is 0 Å². The Kier molecular flexibility index (Phi) is 14.8. The van der Waals surface area contributed by atoms with Gasteiger partial charge in [-0.1, -0.05) is 0 Å². The Labute approximate surface area is 219 Å². The van der Waals surface area contributed by atoms with Crippen LogP contribution < -0.4 is 27.0 Å². The van der Waals surface area contributed by atoms with Crippen molar-refractivity contribution < 1.29 is 46.7 Å². The number of esters is 2. The summed E-state index contributed by atoms with van der Waals surface area (Å²) in [5.74, 6) is -4.48. The van der Waals surface area contributed by atoms with Crippen molar-refractivity contribution in [2.24, 2.45) is 10.8 Å². The number of nitrogens with zero attached hydrogens (tertiary/aromatic N) is 2. The molecule has 0 saturated heterocycles. The molecule has 18 nitrogen and oxygen atoms in total. The largest absolute Gasteiger partial charge is 0.468 e. The Hall–Kier alpha value is -3.58. The van der Waals surface area contributed by atoms with E-state index in [-0.39, 0.29) is 19.4 Å². The summed E-state index contributed by atoms with van der Waals surface area (Å²) in [6.07, 6.45) is -0.453. The number of carbonyl (C=O) groups excluding carboxylic acids is 4. The molecule has 2 atom stereocenters. The fraction of sp³-hybridized carbons (Fsp3) is 0.737. The molecule has 0 aromatic rings. The number of hydrazone groups is 1. The minimum Gasteiger partial charge on any atom is -0.468 e. The zero-order valence-corrected chi connectivity index (χ0v) is 22.3. The normalized spacial score (nSPS) is 13.6. The third-order valence-electron chi connectivity index (χ3n) is 4.25. The summed E-state index contributed by atoms with van der Waals surface area (Å²) in [5, 5.41) is 21.8. The van der Waals surface area contributed by atoms with Gasteiger partial charge in [0.15, 0.2) is 5.03 Å². The van der Waals surface area contributed by atoms with Gasteiger partial charge in [-0.15, -0.1) is 0 Å². The molecule has 2 amide bonds. The molecule has 38 heavy (non-hydrogen) atoms. The van der Waals surface area contributed by atoms with Gasteiger partial charge in [-0.2, -0.15) is 8.42 Å². The summed E-state index contributed by atoms with van der Waals surface area (Å²) in [4.78, 5) is 58.8. The van der Waals surface area contributed by atoms with Crippen molar-refractivity contribution in [3.8, 4) is 0 Å². The van der Waals surface area contributed by atoms with Crippen LogP contribution in [0.5, 0.6) is 0 Å². The number of carbonyl (C=O) groups is 4. The number of methoxy groups -OCH3 is 1. The van der Waals surface area contributed by atoms with Crippen LogP contribution in [0.1, 0.15) is 40.0 Å². The molecule has 0 aliphatic carbocycles. The van der Waals surface area contributed by atoms with Crippen LogP contribution in [0.25, 0.3) is 0 Å². The number of nitrogens with one attached hydrogen (secondary N) is 4. The van der Waals surface area contributed by atoms with Gasteiger partial charge in [0, 0.05) is 19.0 Å². The number of nitrogens with two attached hydrogens (primary N) is 1. The van der Waals surface area contributed by atoms with Gasteiger partial charge in [0.2, 0.25) is 11.8 Å². The number of guanidine groups is 1. The van der Waals surface area contributed by atoms with Crippen molar-refractivity contribution in [2.75, 3.05) is 32.5 Å². The topological polar surface area (TPSA) is 271 Å². The average Bonchev–Trinajstić information content (AvgIpc) is 2.74. The zero-order chi connectivity index (χ0) is 29.5. The molecule has 0 aliphatic heterocycles. The number of rotatable bonds is 16. The van der Waals surface area contributed by atoms with Gasteiger partial charge < -0.3 is 36.5 Å². The van der Waals surface area contributed by atoms with E-state index in [1.54, 1.807) is 20.8 Å².